The lowest BCUT2D eigenvalue weighted by atomic mass is 9.70. The normalized spacial score (nSPS) is 36.3. The van der Waals surface area contributed by atoms with Gasteiger partial charge in [0.15, 0.2) is 0 Å². The molecule has 2 atom stereocenters. The van der Waals surface area contributed by atoms with Crippen LogP contribution in [0.2, 0.25) is 0 Å². The van der Waals surface area contributed by atoms with Crippen LogP contribution in [0.4, 0.5) is 0 Å². The molecule has 2 unspecified atom stereocenters. The van der Waals surface area contributed by atoms with Crippen molar-refractivity contribution in [3.8, 4) is 0 Å². The van der Waals surface area contributed by atoms with E-state index in [1.54, 1.807) is 0 Å². The van der Waals surface area contributed by atoms with Gasteiger partial charge in [0, 0.05) is 6.04 Å². The molecule has 1 N–H and O–H groups in total. The summed E-state index contributed by atoms with van der Waals surface area (Å²) in [4.78, 5) is 11.2. The minimum Gasteiger partial charge on any atom is -0.352 e. The minimum atomic E-state index is -0.0595. The highest BCUT2D eigenvalue weighted by molar-refractivity contribution is 5.89. The Labute approximate surface area is 68.4 Å². The van der Waals surface area contributed by atoms with E-state index in [9.17, 15) is 4.79 Å². The molecule has 0 bridgehead atoms. The maximum Gasteiger partial charge on any atom is 0.228 e. The molecule has 11 heavy (non-hydrogen) atoms. The van der Waals surface area contributed by atoms with Crippen LogP contribution >= 0.6 is 0 Å². The van der Waals surface area contributed by atoms with Gasteiger partial charge in [-0.1, -0.05) is 20.3 Å². The van der Waals surface area contributed by atoms with E-state index in [0.29, 0.717) is 6.04 Å². The Morgan fingerprint density at radius 3 is 2.55 bits per heavy atom. The average molecular weight is 155 g/mol. The van der Waals surface area contributed by atoms with Gasteiger partial charge in [-0.05, 0) is 19.8 Å². The predicted octanol–water partition coefficient (Wildman–Crippen LogP) is 1.70. The second-order valence-electron chi connectivity index (χ2n) is 3.59. The van der Waals surface area contributed by atoms with Gasteiger partial charge in [-0.2, -0.15) is 0 Å². The molecule has 64 valence electrons. The topological polar surface area (TPSA) is 29.1 Å². The first-order chi connectivity index (χ1) is 5.15. The van der Waals surface area contributed by atoms with Crippen LogP contribution in [0.3, 0.4) is 0 Å². The summed E-state index contributed by atoms with van der Waals surface area (Å²) in [7, 11) is 0. The van der Waals surface area contributed by atoms with Gasteiger partial charge in [0.05, 0.1) is 5.41 Å². The highest BCUT2D eigenvalue weighted by atomic mass is 16.2. The lowest BCUT2D eigenvalue weighted by Crippen LogP contribution is -2.65. The number of carbonyl (C=O) groups excluding carboxylic acids is 1. The van der Waals surface area contributed by atoms with Gasteiger partial charge in [-0.3, -0.25) is 4.79 Å². The van der Waals surface area contributed by atoms with Crippen molar-refractivity contribution in [3.05, 3.63) is 0 Å². The second-order valence-corrected chi connectivity index (χ2v) is 3.59. The van der Waals surface area contributed by atoms with Crippen molar-refractivity contribution in [1.29, 1.82) is 0 Å². The van der Waals surface area contributed by atoms with E-state index < -0.39 is 0 Å². The van der Waals surface area contributed by atoms with Crippen LogP contribution in [0, 0.1) is 5.41 Å². The van der Waals surface area contributed by atoms with Crippen LogP contribution in [0.15, 0.2) is 0 Å². The summed E-state index contributed by atoms with van der Waals surface area (Å²) in [6, 6.07) is 0.435. The summed E-state index contributed by atoms with van der Waals surface area (Å²) in [5.41, 5.74) is -0.0595. The van der Waals surface area contributed by atoms with E-state index in [0.717, 1.165) is 19.3 Å². The van der Waals surface area contributed by atoms with Crippen molar-refractivity contribution in [2.24, 2.45) is 5.41 Å². The van der Waals surface area contributed by atoms with Crippen LogP contribution in [0.1, 0.15) is 40.0 Å². The van der Waals surface area contributed by atoms with Crippen LogP contribution < -0.4 is 5.32 Å². The second kappa shape index (κ2) is 2.84. The van der Waals surface area contributed by atoms with Crippen molar-refractivity contribution < 1.29 is 4.79 Å². The van der Waals surface area contributed by atoms with Gasteiger partial charge in [0.25, 0.3) is 0 Å². The third kappa shape index (κ3) is 1.15. The van der Waals surface area contributed by atoms with Crippen molar-refractivity contribution in [2.75, 3.05) is 0 Å². The van der Waals surface area contributed by atoms with Gasteiger partial charge >= 0.3 is 0 Å². The molecule has 0 spiro atoms. The smallest absolute Gasteiger partial charge is 0.228 e. The number of nitrogens with one attached hydrogen (secondary N) is 1. The Morgan fingerprint density at radius 2 is 2.18 bits per heavy atom. The average Bonchev–Trinajstić information content (AvgIpc) is 2.03. The van der Waals surface area contributed by atoms with E-state index in [4.69, 9.17) is 0 Å². The first kappa shape index (κ1) is 8.57. The molecule has 1 rings (SSSR count). The Kier molecular flexibility index (Phi) is 2.21. The zero-order valence-corrected chi connectivity index (χ0v) is 7.61. The summed E-state index contributed by atoms with van der Waals surface area (Å²) in [6.07, 6.45) is 3.24. The monoisotopic (exact) mass is 155 g/mol. The summed E-state index contributed by atoms with van der Waals surface area (Å²) in [6.45, 7) is 6.30. The Bertz CT molecular complexity index is 167. The van der Waals surface area contributed by atoms with Crippen molar-refractivity contribution >= 4 is 5.91 Å². The van der Waals surface area contributed by atoms with Gasteiger partial charge < -0.3 is 5.32 Å². The molecule has 1 fully saturated rings. The van der Waals surface area contributed by atoms with Crippen molar-refractivity contribution in [2.45, 2.75) is 46.1 Å². The van der Waals surface area contributed by atoms with Crippen molar-refractivity contribution in [1.82, 2.24) is 5.32 Å². The predicted molar refractivity (Wildman–Crippen MR) is 45.2 cm³/mol. The van der Waals surface area contributed by atoms with E-state index in [1.807, 2.05) is 0 Å². The number of carbonyl (C=O) groups is 1. The SMILES string of the molecule is CCCC1NC(=O)C1(C)CC. The van der Waals surface area contributed by atoms with E-state index in [2.05, 4.69) is 26.1 Å². The Balaban J connectivity index is 2.53. The highest BCUT2D eigenvalue weighted by Crippen LogP contribution is 2.36. The third-order valence-corrected chi connectivity index (χ3v) is 2.90. The molecular weight excluding hydrogens is 138 g/mol. The molecule has 0 radical (unpaired) electrons. The van der Waals surface area contributed by atoms with Crippen LogP contribution in [0.25, 0.3) is 0 Å². The quantitative estimate of drug-likeness (QED) is 0.617. The maximum atomic E-state index is 11.2. The van der Waals surface area contributed by atoms with E-state index >= 15 is 0 Å². The van der Waals surface area contributed by atoms with Gasteiger partial charge in [0.1, 0.15) is 0 Å². The maximum absolute atomic E-state index is 11.2. The highest BCUT2D eigenvalue weighted by Gasteiger charge is 2.48. The third-order valence-electron chi connectivity index (χ3n) is 2.90. The number of hydrogen-bond acceptors (Lipinski definition) is 1. The molecule has 0 aromatic rings. The molecule has 1 heterocycles. The Morgan fingerprint density at radius 1 is 1.55 bits per heavy atom. The zero-order valence-electron chi connectivity index (χ0n) is 7.61. The van der Waals surface area contributed by atoms with Crippen LogP contribution in [0.5, 0.6) is 0 Å². The summed E-state index contributed by atoms with van der Waals surface area (Å²) < 4.78 is 0. The van der Waals surface area contributed by atoms with Gasteiger partial charge in [0.2, 0.25) is 5.91 Å². The molecule has 0 aromatic carbocycles. The number of β-lactam (4-membered cyclic amide) rings is 1. The molecule has 2 heteroatoms. The van der Waals surface area contributed by atoms with Gasteiger partial charge in [-0.15, -0.1) is 0 Å². The van der Waals surface area contributed by atoms with Crippen LogP contribution in [-0.4, -0.2) is 11.9 Å². The lowest BCUT2D eigenvalue weighted by molar-refractivity contribution is -0.145. The van der Waals surface area contributed by atoms with E-state index in [1.165, 1.54) is 0 Å². The first-order valence-corrected chi connectivity index (χ1v) is 4.46. The minimum absolute atomic E-state index is 0.0595. The first-order valence-electron chi connectivity index (χ1n) is 4.46. The summed E-state index contributed by atoms with van der Waals surface area (Å²) in [5.74, 6) is 0.235. The molecular formula is C9H17NO. The molecule has 1 saturated heterocycles. The lowest BCUT2D eigenvalue weighted by Gasteiger charge is -2.46. The van der Waals surface area contributed by atoms with E-state index in [-0.39, 0.29) is 11.3 Å². The number of rotatable bonds is 3. The largest absolute Gasteiger partial charge is 0.352 e. The molecule has 0 aliphatic carbocycles. The fourth-order valence-corrected chi connectivity index (χ4v) is 1.65. The number of hydrogen-bond donors (Lipinski definition) is 1. The standard InChI is InChI=1S/C9H17NO/c1-4-6-7-9(3,5-2)8(11)10-7/h7H,4-6H2,1-3H3,(H,10,11). The molecule has 1 amide bonds. The fourth-order valence-electron chi connectivity index (χ4n) is 1.65. The molecule has 1 aliphatic rings. The van der Waals surface area contributed by atoms with Crippen LogP contribution in [-0.2, 0) is 4.79 Å². The van der Waals surface area contributed by atoms with Gasteiger partial charge in [-0.25, -0.2) is 0 Å². The summed E-state index contributed by atoms with van der Waals surface area (Å²) in [5, 5.41) is 2.95. The van der Waals surface area contributed by atoms with Crippen molar-refractivity contribution in [3.63, 3.8) is 0 Å². The Hall–Kier alpha value is -0.530. The molecule has 0 aromatic heterocycles. The number of amides is 1. The summed E-state index contributed by atoms with van der Waals surface area (Å²) >= 11 is 0. The molecule has 1 aliphatic heterocycles. The molecule has 0 saturated carbocycles. The molecule has 2 nitrogen and oxygen atoms in total. The zero-order chi connectivity index (χ0) is 8.48. The fraction of sp³-hybridized carbons (Fsp3) is 0.889.